The Hall–Kier alpha value is -3.28. The van der Waals surface area contributed by atoms with E-state index in [-0.39, 0.29) is 5.91 Å². The SMILES string of the molecule is CN(CCc1ccncc1)c1ccc(C(=O)NCc2ccccn2)cn1. The molecule has 3 aromatic rings. The van der Waals surface area contributed by atoms with Crippen LogP contribution in [0.25, 0.3) is 0 Å². The molecule has 0 saturated heterocycles. The summed E-state index contributed by atoms with van der Waals surface area (Å²) in [6.45, 7) is 1.23. The summed E-state index contributed by atoms with van der Waals surface area (Å²) >= 11 is 0. The second kappa shape index (κ2) is 8.71. The summed E-state index contributed by atoms with van der Waals surface area (Å²) in [5.74, 6) is 0.675. The van der Waals surface area contributed by atoms with E-state index in [1.165, 1.54) is 5.56 Å². The van der Waals surface area contributed by atoms with Gasteiger partial charge in [0.15, 0.2) is 0 Å². The summed E-state index contributed by atoms with van der Waals surface area (Å²) in [5.41, 5.74) is 2.59. The third-order valence-electron chi connectivity index (χ3n) is 4.04. The van der Waals surface area contributed by atoms with Crippen LogP contribution < -0.4 is 10.2 Å². The van der Waals surface area contributed by atoms with Gasteiger partial charge in [0.1, 0.15) is 5.82 Å². The zero-order valence-electron chi connectivity index (χ0n) is 14.7. The molecule has 1 amide bonds. The number of pyridine rings is 3. The quantitative estimate of drug-likeness (QED) is 0.711. The molecule has 6 heteroatoms. The highest BCUT2D eigenvalue weighted by molar-refractivity contribution is 5.93. The van der Waals surface area contributed by atoms with E-state index in [1.54, 1.807) is 30.9 Å². The van der Waals surface area contributed by atoms with Crippen LogP contribution in [0.15, 0.2) is 67.3 Å². The molecule has 0 aliphatic rings. The molecule has 0 aromatic carbocycles. The first-order valence-corrected chi connectivity index (χ1v) is 8.46. The van der Waals surface area contributed by atoms with E-state index < -0.39 is 0 Å². The van der Waals surface area contributed by atoms with Gasteiger partial charge in [0.05, 0.1) is 17.8 Å². The fraction of sp³-hybridized carbons (Fsp3) is 0.200. The van der Waals surface area contributed by atoms with Gasteiger partial charge < -0.3 is 10.2 Å². The third kappa shape index (κ3) is 4.86. The van der Waals surface area contributed by atoms with Crippen molar-refractivity contribution in [1.82, 2.24) is 20.3 Å². The molecule has 0 radical (unpaired) electrons. The van der Waals surface area contributed by atoms with Crippen molar-refractivity contribution < 1.29 is 4.79 Å². The number of hydrogen-bond acceptors (Lipinski definition) is 5. The molecule has 0 aliphatic carbocycles. The molecule has 3 rings (SSSR count). The van der Waals surface area contributed by atoms with Crippen LogP contribution in [-0.2, 0) is 13.0 Å². The number of aromatic nitrogens is 3. The van der Waals surface area contributed by atoms with Crippen molar-refractivity contribution in [3.63, 3.8) is 0 Å². The van der Waals surface area contributed by atoms with Crippen LogP contribution in [0.5, 0.6) is 0 Å². The van der Waals surface area contributed by atoms with Crippen LogP contribution >= 0.6 is 0 Å². The van der Waals surface area contributed by atoms with Gasteiger partial charge in [-0.3, -0.25) is 14.8 Å². The first-order chi connectivity index (χ1) is 12.7. The number of likely N-dealkylation sites (N-methyl/N-ethyl adjacent to an activating group) is 1. The lowest BCUT2D eigenvalue weighted by Crippen LogP contribution is -2.24. The second-order valence-corrected chi connectivity index (χ2v) is 5.94. The van der Waals surface area contributed by atoms with Gasteiger partial charge in [-0.15, -0.1) is 0 Å². The number of amides is 1. The molecule has 26 heavy (non-hydrogen) atoms. The highest BCUT2D eigenvalue weighted by Crippen LogP contribution is 2.11. The number of rotatable bonds is 7. The Morgan fingerprint density at radius 1 is 1.04 bits per heavy atom. The van der Waals surface area contributed by atoms with E-state index in [2.05, 4.69) is 25.2 Å². The smallest absolute Gasteiger partial charge is 0.253 e. The number of carbonyl (C=O) groups excluding carboxylic acids is 1. The zero-order valence-corrected chi connectivity index (χ0v) is 14.7. The molecule has 0 aliphatic heterocycles. The lowest BCUT2D eigenvalue weighted by molar-refractivity contribution is 0.0950. The Labute approximate surface area is 153 Å². The van der Waals surface area contributed by atoms with E-state index in [9.17, 15) is 4.79 Å². The Bertz CT molecular complexity index is 822. The van der Waals surface area contributed by atoms with Gasteiger partial charge in [0.25, 0.3) is 5.91 Å². The topological polar surface area (TPSA) is 71.0 Å². The highest BCUT2D eigenvalue weighted by Gasteiger charge is 2.08. The third-order valence-corrected chi connectivity index (χ3v) is 4.04. The van der Waals surface area contributed by atoms with Crippen molar-refractivity contribution in [1.29, 1.82) is 0 Å². The summed E-state index contributed by atoms with van der Waals surface area (Å²) in [7, 11) is 1.99. The average molecular weight is 347 g/mol. The normalized spacial score (nSPS) is 10.3. The molecule has 0 atom stereocenters. The standard InChI is InChI=1S/C20H21N5O/c1-25(13-9-16-7-11-21-12-8-16)19-6-5-17(14-23-19)20(26)24-15-18-4-2-3-10-22-18/h2-8,10-12,14H,9,13,15H2,1H3,(H,24,26). The average Bonchev–Trinajstić information content (AvgIpc) is 2.72. The van der Waals surface area contributed by atoms with Crippen molar-refractivity contribution in [2.75, 3.05) is 18.5 Å². The van der Waals surface area contributed by atoms with Gasteiger partial charge in [-0.05, 0) is 48.4 Å². The molecule has 0 fully saturated rings. The highest BCUT2D eigenvalue weighted by atomic mass is 16.1. The van der Waals surface area contributed by atoms with E-state index in [0.717, 1.165) is 24.5 Å². The Morgan fingerprint density at radius 2 is 1.88 bits per heavy atom. The van der Waals surface area contributed by atoms with E-state index in [0.29, 0.717) is 12.1 Å². The van der Waals surface area contributed by atoms with Crippen LogP contribution in [0.3, 0.4) is 0 Å². The fourth-order valence-electron chi connectivity index (χ4n) is 2.48. The first kappa shape index (κ1) is 17.5. The van der Waals surface area contributed by atoms with Crippen molar-refractivity contribution in [2.24, 2.45) is 0 Å². The molecular weight excluding hydrogens is 326 g/mol. The van der Waals surface area contributed by atoms with Crippen LogP contribution in [0.1, 0.15) is 21.6 Å². The molecule has 0 saturated carbocycles. The Morgan fingerprint density at radius 3 is 2.58 bits per heavy atom. The number of carbonyl (C=O) groups is 1. The molecule has 1 N–H and O–H groups in total. The summed E-state index contributed by atoms with van der Waals surface area (Å²) in [5, 5.41) is 2.85. The number of nitrogens with zero attached hydrogens (tertiary/aromatic N) is 4. The molecule has 3 aromatic heterocycles. The molecule has 3 heterocycles. The number of hydrogen-bond donors (Lipinski definition) is 1. The van der Waals surface area contributed by atoms with Gasteiger partial charge in [-0.1, -0.05) is 6.07 Å². The first-order valence-electron chi connectivity index (χ1n) is 8.46. The van der Waals surface area contributed by atoms with Gasteiger partial charge in [-0.2, -0.15) is 0 Å². The zero-order chi connectivity index (χ0) is 18.2. The van der Waals surface area contributed by atoms with E-state index >= 15 is 0 Å². The summed E-state index contributed by atoms with van der Waals surface area (Å²) < 4.78 is 0. The van der Waals surface area contributed by atoms with E-state index in [4.69, 9.17) is 0 Å². The van der Waals surface area contributed by atoms with Crippen molar-refractivity contribution in [3.8, 4) is 0 Å². The Balaban J connectivity index is 1.53. The van der Waals surface area contributed by atoms with Gasteiger partial charge in [0.2, 0.25) is 0 Å². The molecule has 0 bridgehead atoms. The maximum absolute atomic E-state index is 12.2. The summed E-state index contributed by atoms with van der Waals surface area (Å²) in [6.07, 6.45) is 7.82. The second-order valence-electron chi connectivity index (χ2n) is 5.94. The summed E-state index contributed by atoms with van der Waals surface area (Å²) in [4.78, 5) is 26.9. The lowest BCUT2D eigenvalue weighted by atomic mass is 10.2. The maximum Gasteiger partial charge on any atom is 0.253 e. The molecule has 6 nitrogen and oxygen atoms in total. The minimum Gasteiger partial charge on any atom is -0.359 e. The molecule has 132 valence electrons. The van der Waals surface area contributed by atoms with Gasteiger partial charge in [0, 0.05) is 38.4 Å². The van der Waals surface area contributed by atoms with Crippen molar-refractivity contribution in [3.05, 3.63) is 84.1 Å². The van der Waals surface area contributed by atoms with E-state index in [1.807, 2.05) is 43.4 Å². The van der Waals surface area contributed by atoms with Crippen LogP contribution in [-0.4, -0.2) is 34.5 Å². The Kier molecular flexibility index (Phi) is 5.88. The minimum atomic E-state index is -0.158. The molecule has 0 spiro atoms. The predicted molar refractivity (Wildman–Crippen MR) is 101 cm³/mol. The molecular formula is C20H21N5O. The maximum atomic E-state index is 12.2. The van der Waals surface area contributed by atoms with Gasteiger partial charge in [-0.25, -0.2) is 4.98 Å². The predicted octanol–water partition coefficient (Wildman–Crippen LogP) is 2.48. The number of nitrogens with one attached hydrogen (secondary N) is 1. The fourth-order valence-corrected chi connectivity index (χ4v) is 2.48. The minimum absolute atomic E-state index is 0.158. The van der Waals surface area contributed by atoms with Crippen molar-refractivity contribution >= 4 is 11.7 Å². The molecule has 0 unspecified atom stereocenters. The van der Waals surface area contributed by atoms with Crippen LogP contribution in [0.2, 0.25) is 0 Å². The van der Waals surface area contributed by atoms with Gasteiger partial charge >= 0.3 is 0 Å². The van der Waals surface area contributed by atoms with Crippen LogP contribution in [0.4, 0.5) is 5.82 Å². The largest absolute Gasteiger partial charge is 0.359 e. The monoisotopic (exact) mass is 347 g/mol. The lowest BCUT2D eigenvalue weighted by Gasteiger charge is -2.18. The van der Waals surface area contributed by atoms with Crippen LogP contribution in [0, 0.1) is 0 Å². The summed E-state index contributed by atoms with van der Waals surface area (Å²) in [6, 6.07) is 13.3. The number of anilines is 1. The van der Waals surface area contributed by atoms with Crippen molar-refractivity contribution in [2.45, 2.75) is 13.0 Å².